The van der Waals surface area contributed by atoms with Crippen molar-refractivity contribution >= 4 is 39.5 Å². The summed E-state index contributed by atoms with van der Waals surface area (Å²) in [5.74, 6) is -0.383. The maximum Gasteiger partial charge on any atom is 0.257 e. The number of nitrogen functional groups attached to an aromatic ring is 1. The molecule has 6 heteroatoms. The van der Waals surface area contributed by atoms with Crippen LogP contribution in [0.3, 0.4) is 0 Å². The quantitative estimate of drug-likeness (QED) is 0.828. The topological polar surface area (TPSA) is 78.9 Å². The van der Waals surface area contributed by atoms with E-state index in [9.17, 15) is 4.79 Å². The van der Waals surface area contributed by atoms with E-state index in [2.05, 4.69) is 5.32 Å². The van der Waals surface area contributed by atoms with Gasteiger partial charge in [-0.25, -0.2) is 0 Å². The average molecular weight is 278 g/mol. The van der Waals surface area contributed by atoms with E-state index < -0.39 is 0 Å². The van der Waals surface area contributed by atoms with Crippen LogP contribution in [0.4, 0.5) is 10.7 Å². The number of amides is 1. The molecule has 0 aliphatic rings. The Bertz CT molecular complexity index is 645. The largest absolute Gasteiger partial charge is 0.399 e. The van der Waals surface area contributed by atoms with Gasteiger partial charge in [0, 0.05) is 5.69 Å². The molecule has 1 aromatic carbocycles. The highest BCUT2D eigenvalue weighted by atomic mass is 35.5. The highest BCUT2D eigenvalue weighted by Crippen LogP contribution is 2.25. The van der Waals surface area contributed by atoms with Gasteiger partial charge in [-0.2, -0.15) is 5.26 Å². The Labute approximate surface area is 113 Å². The molecule has 0 fully saturated rings. The number of hydrogen-bond donors (Lipinski definition) is 2. The second-order valence-corrected chi connectivity index (χ2v) is 4.79. The van der Waals surface area contributed by atoms with Gasteiger partial charge in [-0.3, -0.25) is 4.79 Å². The standard InChI is InChI=1S/C12H8ClN3OS/c13-10-2-1-8(15)5-9(10)11(17)16-12-7(6-14)3-4-18-12/h1-5H,15H2,(H,16,17). The third-order valence-electron chi connectivity index (χ3n) is 2.25. The molecule has 2 aromatic rings. The molecule has 0 aliphatic carbocycles. The first kappa shape index (κ1) is 12.4. The minimum Gasteiger partial charge on any atom is -0.399 e. The second-order valence-electron chi connectivity index (χ2n) is 3.47. The summed E-state index contributed by atoms with van der Waals surface area (Å²) >= 11 is 7.21. The summed E-state index contributed by atoms with van der Waals surface area (Å²) in [6, 6.07) is 8.31. The molecule has 3 N–H and O–H groups in total. The Morgan fingerprint density at radius 3 is 2.94 bits per heavy atom. The van der Waals surface area contributed by atoms with Crippen LogP contribution in [0.15, 0.2) is 29.6 Å². The zero-order chi connectivity index (χ0) is 13.1. The number of nitrogens with zero attached hydrogens (tertiary/aromatic N) is 1. The van der Waals surface area contributed by atoms with Gasteiger partial charge >= 0.3 is 0 Å². The number of hydrogen-bond acceptors (Lipinski definition) is 4. The molecular formula is C12H8ClN3OS. The number of rotatable bonds is 2. The van der Waals surface area contributed by atoms with E-state index in [0.717, 1.165) is 0 Å². The third-order valence-corrected chi connectivity index (χ3v) is 3.41. The van der Waals surface area contributed by atoms with Crippen LogP contribution in [0.5, 0.6) is 0 Å². The summed E-state index contributed by atoms with van der Waals surface area (Å²) < 4.78 is 0. The van der Waals surface area contributed by atoms with Gasteiger partial charge in [0.2, 0.25) is 0 Å². The number of anilines is 2. The molecule has 18 heavy (non-hydrogen) atoms. The van der Waals surface area contributed by atoms with E-state index in [0.29, 0.717) is 21.3 Å². The van der Waals surface area contributed by atoms with Crippen molar-refractivity contribution in [2.75, 3.05) is 11.1 Å². The van der Waals surface area contributed by atoms with Gasteiger partial charge in [-0.05, 0) is 29.6 Å². The van der Waals surface area contributed by atoms with Crippen molar-refractivity contribution in [3.8, 4) is 6.07 Å². The van der Waals surface area contributed by atoms with Gasteiger partial charge in [-0.1, -0.05) is 11.6 Å². The summed E-state index contributed by atoms with van der Waals surface area (Å²) in [7, 11) is 0. The fraction of sp³-hybridized carbons (Fsp3) is 0. The van der Waals surface area contributed by atoms with Crippen molar-refractivity contribution in [1.82, 2.24) is 0 Å². The summed E-state index contributed by atoms with van der Waals surface area (Å²) in [5.41, 5.74) is 6.77. The first-order valence-electron chi connectivity index (χ1n) is 4.96. The highest BCUT2D eigenvalue weighted by Gasteiger charge is 2.13. The minimum atomic E-state index is -0.383. The van der Waals surface area contributed by atoms with Crippen molar-refractivity contribution in [3.63, 3.8) is 0 Å². The smallest absolute Gasteiger partial charge is 0.257 e. The Balaban J connectivity index is 2.28. The van der Waals surface area contributed by atoms with Gasteiger partial charge in [-0.15, -0.1) is 11.3 Å². The maximum absolute atomic E-state index is 12.0. The number of nitrogens with two attached hydrogens (primary N) is 1. The predicted octanol–water partition coefficient (Wildman–Crippen LogP) is 3.11. The molecular weight excluding hydrogens is 270 g/mol. The number of benzene rings is 1. The third kappa shape index (κ3) is 2.45. The molecule has 0 spiro atoms. The lowest BCUT2D eigenvalue weighted by atomic mass is 10.2. The summed E-state index contributed by atoms with van der Waals surface area (Å²) in [6.07, 6.45) is 0. The number of carbonyl (C=O) groups excluding carboxylic acids is 1. The van der Waals surface area contributed by atoms with Crippen LogP contribution in [0.1, 0.15) is 15.9 Å². The lowest BCUT2D eigenvalue weighted by Crippen LogP contribution is -2.12. The van der Waals surface area contributed by atoms with Crippen LogP contribution in [-0.2, 0) is 0 Å². The Morgan fingerprint density at radius 1 is 1.44 bits per heavy atom. The zero-order valence-electron chi connectivity index (χ0n) is 9.11. The first-order valence-corrected chi connectivity index (χ1v) is 6.21. The molecule has 1 amide bonds. The predicted molar refractivity (Wildman–Crippen MR) is 72.9 cm³/mol. The fourth-order valence-electron chi connectivity index (χ4n) is 1.38. The molecule has 1 aromatic heterocycles. The van der Waals surface area contributed by atoms with Crippen molar-refractivity contribution in [3.05, 3.63) is 45.8 Å². The van der Waals surface area contributed by atoms with Crippen LogP contribution < -0.4 is 11.1 Å². The number of carbonyl (C=O) groups is 1. The van der Waals surface area contributed by atoms with Gasteiger partial charge in [0.15, 0.2) is 0 Å². The minimum absolute atomic E-state index is 0.286. The molecule has 0 atom stereocenters. The van der Waals surface area contributed by atoms with Crippen molar-refractivity contribution in [2.45, 2.75) is 0 Å². The molecule has 90 valence electrons. The monoisotopic (exact) mass is 277 g/mol. The number of halogens is 1. The second kappa shape index (κ2) is 5.08. The van der Waals surface area contributed by atoms with Gasteiger partial charge in [0.25, 0.3) is 5.91 Å². The van der Waals surface area contributed by atoms with Crippen molar-refractivity contribution < 1.29 is 4.79 Å². The lowest BCUT2D eigenvalue weighted by Gasteiger charge is -2.06. The van der Waals surface area contributed by atoms with Crippen LogP contribution >= 0.6 is 22.9 Å². The van der Waals surface area contributed by atoms with E-state index in [4.69, 9.17) is 22.6 Å². The van der Waals surface area contributed by atoms with Crippen LogP contribution in [-0.4, -0.2) is 5.91 Å². The lowest BCUT2D eigenvalue weighted by molar-refractivity contribution is 0.102. The molecule has 0 aliphatic heterocycles. The Hall–Kier alpha value is -2.03. The molecule has 0 saturated carbocycles. The van der Waals surface area contributed by atoms with E-state index in [1.165, 1.54) is 17.4 Å². The molecule has 0 unspecified atom stereocenters. The highest BCUT2D eigenvalue weighted by molar-refractivity contribution is 7.14. The van der Waals surface area contributed by atoms with Crippen molar-refractivity contribution in [2.24, 2.45) is 0 Å². The fourth-order valence-corrected chi connectivity index (χ4v) is 2.32. The van der Waals surface area contributed by atoms with Crippen LogP contribution in [0.25, 0.3) is 0 Å². The number of nitrogens with one attached hydrogen (secondary N) is 1. The SMILES string of the molecule is N#Cc1ccsc1NC(=O)c1cc(N)ccc1Cl. The molecule has 4 nitrogen and oxygen atoms in total. The molecule has 0 radical (unpaired) electrons. The maximum atomic E-state index is 12.0. The average Bonchev–Trinajstić information content (AvgIpc) is 2.79. The molecule has 0 bridgehead atoms. The number of thiophene rings is 1. The van der Waals surface area contributed by atoms with Gasteiger partial charge in [0.1, 0.15) is 11.1 Å². The summed E-state index contributed by atoms with van der Waals surface area (Å²) in [6.45, 7) is 0. The van der Waals surface area contributed by atoms with Gasteiger partial charge in [0.05, 0.1) is 16.1 Å². The first-order chi connectivity index (χ1) is 8.61. The zero-order valence-corrected chi connectivity index (χ0v) is 10.7. The Kier molecular flexibility index (Phi) is 3.51. The van der Waals surface area contributed by atoms with E-state index in [1.807, 2.05) is 6.07 Å². The van der Waals surface area contributed by atoms with Crippen LogP contribution in [0.2, 0.25) is 5.02 Å². The van der Waals surface area contributed by atoms with Gasteiger partial charge < -0.3 is 11.1 Å². The number of nitriles is 1. The summed E-state index contributed by atoms with van der Waals surface area (Å²) in [5, 5.41) is 14.0. The van der Waals surface area contributed by atoms with E-state index in [1.54, 1.807) is 23.6 Å². The van der Waals surface area contributed by atoms with Crippen molar-refractivity contribution in [1.29, 1.82) is 5.26 Å². The van der Waals surface area contributed by atoms with E-state index in [-0.39, 0.29) is 11.5 Å². The normalized spacial score (nSPS) is 9.78. The molecule has 0 saturated heterocycles. The van der Waals surface area contributed by atoms with Crippen LogP contribution in [0, 0.1) is 11.3 Å². The van der Waals surface area contributed by atoms with E-state index >= 15 is 0 Å². The molecule has 1 heterocycles. The Morgan fingerprint density at radius 2 is 2.22 bits per heavy atom. The molecule has 2 rings (SSSR count). The summed E-state index contributed by atoms with van der Waals surface area (Å²) in [4.78, 5) is 12.0.